The first-order chi connectivity index (χ1) is 5.72. The first kappa shape index (κ1) is 9.56. The van der Waals surface area contributed by atoms with E-state index in [0.717, 1.165) is 5.56 Å². The Morgan fingerprint density at radius 3 is 2.83 bits per heavy atom. The Morgan fingerprint density at radius 2 is 2.25 bits per heavy atom. The first-order valence-corrected chi connectivity index (χ1v) is 4.55. The van der Waals surface area contributed by atoms with E-state index in [2.05, 4.69) is 6.07 Å². The molecule has 0 fully saturated rings. The van der Waals surface area contributed by atoms with E-state index in [9.17, 15) is 5.11 Å². The highest BCUT2D eigenvalue weighted by molar-refractivity contribution is 6.18. The van der Waals surface area contributed by atoms with Crippen molar-refractivity contribution in [1.82, 2.24) is 0 Å². The Hall–Kier alpha value is -0.530. The second-order valence-electron chi connectivity index (χ2n) is 3.00. The molecule has 0 aliphatic heterocycles. The van der Waals surface area contributed by atoms with Crippen LogP contribution in [0, 0.1) is 6.92 Å². The van der Waals surface area contributed by atoms with Crippen LogP contribution in [-0.4, -0.2) is 17.1 Å². The van der Waals surface area contributed by atoms with Gasteiger partial charge in [-0.2, -0.15) is 0 Å². The number of hydrogen-bond acceptors (Lipinski definition) is 1. The zero-order valence-electron chi connectivity index (χ0n) is 7.13. The minimum atomic E-state index is -0.423. The summed E-state index contributed by atoms with van der Waals surface area (Å²) >= 11 is 5.49. The zero-order chi connectivity index (χ0) is 8.97. The Morgan fingerprint density at radius 1 is 1.50 bits per heavy atom. The number of hydrogen-bond donors (Lipinski definition) is 1. The lowest BCUT2D eigenvalue weighted by Gasteiger charge is -2.06. The zero-order valence-corrected chi connectivity index (χ0v) is 7.88. The Bertz CT molecular complexity index is 247. The number of aliphatic hydroxyl groups excluding tert-OH is 1. The molecule has 0 radical (unpaired) electrons. The molecule has 0 aliphatic carbocycles. The Kier molecular flexibility index (Phi) is 3.57. The monoisotopic (exact) mass is 184 g/mol. The number of rotatable bonds is 3. The molecule has 1 nitrogen and oxygen atoms in total. The van der Waals surface area contributed by atoms with Gasteiger partial charge in [0.2, 0.25) is 0 Å². The van der Waals surface area contributed by atoms with Gasteiger partial charge in [0.05, 0.1) is 6.10 Å². The lowest BCUT2D eigenvalue weighted by Crippen LogP contribution is -2.11. The molecule has 1 aromatic carbocycles. The van der Waals surface area contributed by atoms with Crippen LogP contribution < -0.4 is 0 Å². The average Bonchev–Trinajstić information content (AvgIpc) is 2.04. The summed E-state index contributed by atoms with van der Waals surface area (Å²) < 4.78 is 0. The fraction of sp³-hybridized carbons (Fsp3) is 0.400. The van der Waals surface area contributed by atoms with Gasteiger partial charge in [-0.3, -0.25) is 0 Å². The van der Waals surface area contributed by atoms with E-state index in [4.69, 9.17) is 11.6 Å². The molecule has 0 bridgehead atoms. The van der Waals surface area contributed by atoms with Gasteiger partial charge in [-0.1, -0.05) is 29.8 Å². The number of aliphatic hydroxyl groups is 1. The molecule has 0 saturated carbocycles. The van der Waals surface area contributed by atoms with Crippen LogP contribution in [0.5, 0.6) is 0 Å². The van der Waals surface area contributed by atoms with E-state index in [1.165, 1.54) is 5.56 Å². The molecule has 1 N–H and O–H groups in total. The third-order valence-corrected chi connectivity index (χ3v) is 2.09. The van der Waals surface area contributed by atoms with Crippen LogP contribution in [-0.2, 0) is 6.42 Å². The molecule has 0 saturated heterocycles. The molecule has 0 aromatic heterocycles. The number of benzene rings is 1. The molecule has 1 aromatic rings. The van der Waals surface area contributed by atoms with Crippen molar-refractivity contribution >= 4 is 11.6 Å². The van der Waals surface area contributed by atoms with Crippen molar-refractivity contribution in [3.8, 4) is 0 Å². The highest BCUT2D eigenvalue weighted by Crippen LogP contribution is 2.07. The van der Waals surface area contributed by atoms with Crippen LogP contribution in [0.1, 0.15) is 11.1 Å². The topological polar surface area (TPSA) is 20.2 Å². The molecular weight excluding hydrogens is 172 g/mol. The second kappa shape index (κ2) is 4.48. The summed E-state index contributed by atoms with van der Waals surface area (Å²) in [7, 11) is 0. The molecule has 0 unspecified atom stereocenters. The summed E-state index contributed by atoms with van der Waals surface area (Å²) in [6.07, 6.45) is 0.221. The quantitative estimate of drug-likeness (QED) is 0.714. The van der Waals surface area contributed by atoms with Crippen LogP contribution in [0.25, 0.3) is 0 Å². The summed E-state index contributed by atoms with van der Waals surface area (Å²) in [6.45, 7) is 2.04. The molecule has 0 heterocycles. The van der Waals surface area contributed by atoms with E-state index < -0.39 is 6.10 Å². The summed E-state index contributed by atoms with van der Waals surface area (Å²) in [5.74, 6) is 0.300. The summed E-state index contributed by atoms with van der Waals surface area (Å²) in [6, 6.07) is 8.10. The van der Waals surface area contributed by atoms with Crippen LogP contribution in [0.15, 0.2) is 24.3 Å². The van der Waals surface area contributed by atoms with Gasteiger partial charge in [-0.05, 0) is 18.9 Å². The summed E-state index contributed by atoms with van der Waals surface area (Å²) in [5.41, 5.74) is 2.36. The van der Waals surface area contributed by atoms with Crippen molar-refractivity contribution in [2.24, 2.45) is 0 Å². The van der Waals surface area contributed by atoms with Crippen molar-refractivity contribution in [3.63, 3.8) is 0 Å². The SMILES string of the molecule is Cc1cccc(C[C@H](O)CCl)c1. The van der Waals surface area contributed by atoms with Crippen LogP contribution in [0.3, 0.4) is 0 Å². The first-order valence-electron chi connectivity index (χ1n) is 4.02. The smallest absolute Gasteiger partial charge is 0.0715 e. The molecule has 0 spiro atoms. The van der Waals surface area contributed by atoms with E-state index in [-0.39, 0.29) is 0 Å². The average molecular weight is 185 g/mol. The molecule has 1 atom stereocenters. The largest absolute Gasteiger partial charge is 0.392 e. The number of alkyl halides is 1. The summed E-state index contributed by atoms with van der Waals surface area (Å²) in [5, 5.41) is 9.27. The normalized spacial score (nSPS) is 12.9. The van der Waals surface area contributed by atoms with Crippen LogP contribution >= 0.6 is 11.6 Å². The lowest BCUT2D eigenvalue weighted by molar-refractivity contribution is 0.199. The predicted octanol–water partition coefficient (Wildman–Crippen LogP) is 2.14. The third-order valence-electron chi connectivity index (χ3n) is 1.73. The maximum atomic E-state index is 9.27. The highest BCUT2D eigenvalue weighted by atomic mass is 35.5. The van der Waals surface area contributed by atoms with Gasteiger partial charge in [0.25, 0.3) is 0 Å². The van der Waals surface area contributed by atoms with Crippen LogP contribution in [0.4, 0.5) is 0 Å². The fourth-order valence-electron chi connectivity index (χ4n) is 1.17. The maximum absolute atomic E-state index is 9.27. The molecule has 1 rings (SSSR count). The summed E-state index contributed by atoms with van der Waals surface area (Å²) in [4.78, 5) is 0. The molecule has 0 aliphatic rings. The molecular formula is C10H13ClO. The second-order valence-corrected chi connectivity index (χ2v) is 3.31. The number of halogens is 1. The molecule has 0 amide bonds. The van der Waals surface area contributed by atoms with Crippen molar-refractivity contribution < 1.29 is 5.11 Å². The molecule has 66 valence electrons. The van der Waals surface area contributed by atoms with E-state index >= 15 is 0 Å². The van der Waals surface area contributed by atoms with Gasteiger partial charge in [0.15, 0.2) is 0 Å². The van der Waals surface area contributed by atoms with Gasteiger partial charge in [0.1, 0.15) is 0 Å². The predicted molar refractivity (Wildman–Crippen MR) is 51.6 cm³/mol. The third kappa shape index (κ3) is 2.84. The standard InChI is InChI=1S/C10H13ClO/c1-8-3-2-4-9(5-8)6-10(12)7-11/h2-5,10,12H,6-7H2,1H3/t10-/m0/s1. The number of aryl methyl sites for hydroxylation is 1. The minimum Gasteiger partial charge on any atom is -0.392 e. The van der Waals surface area contributed by atoms with E-state index in [0.29, 0.717) is 12.3 Å². The Labute approximate surface area is 78.0 Å². The van der Waals surface area contributed by atoms with Gasteiger partial charge in [-0.15, -0.1) is 11.6 Å². The van der Waals surface area contributed by atoms with E-state index in [1.54, 1.807) is 0 Å². The molecule has 12 heavy (non-hydrogen) atoms. The van der Waals surface area contributed by atoms with Crippen molar-refractivity contribution in [2.45, 2.75) is 19.4 Å². The maximum Gasteiger partial charge on any atom is 0.0715 e. The van der Waals surface area contributed by atoms with Gasteiger partial charge in [0, 0.05) is 5.88 Å². The lowest BCUT2D eigenvalue weighted by atomic mass is 10.1. The highest BCUT2D eigenvalue weighted by Gasteiger charge is 2.02. The minimum absolute atomic E-state index is 0.300. The van der Waals surface area contributed by atoms with Gasteiger partial charge < -0.3 is 5.11 Å². The van der Waals surface area contributed by atoms with Crippen molar-refractivity contribution in [2.75, 3.05) is 5.88 Å². The van der Waals surface area contributed by atoms with E-state index in [1.807, 2.05) is 25.1 Å². The Balaban J connectivity index is 2.63. The van der Waals surface area contributed by atoms with Crippen molar-refractivity contribution in [3.05, 3.63) is 35.4 Å². The van der Waals surface area contributed by atoms with Crippen molar-refractivity contribution in [1.29, 1.82) is 0 Å². The van der Waals surface area contributed by atoms with Gasteiger partial charge in [-0.25, -0.2) is 0 Å². The fourth-order valence-corrected chi connectivity index (χ4v) is 1.27. The van der Waals surface area contributed by atoms with Gasteiger partial charge >= 0.3 is 0 Å². The van der Waals surface area contributed by atoms with Crippen LogP contribution in [0.2, 0.25) is 0 Å². The molecule has 2 heteroatoms.